The highest BCUT2D eigenvalue weighted by Crippen LogP contribution is 2.29. The lowest BCUT2D eigenvalue weighted by molar-refractivity contribution is -0.116. The number of nitrogens with zero attached hydrogens (tertiary/aromatic N) is 1. The van der Waals surface area contributed by atoms with E-state index in [-0.39, 0.29) is 19.1 Å². The summed E-state index contributed by atoms with van der Waals surface area (Å²) in [5.41, 5.74) is 8.37. The largest absolute Gasteiger partial charge is 0.392 e. The van der Waals surface area contributed by atoms with Crippen molar-refractivity contribution in [3.8, 4) is 0 Å². The molecule has 1 aromatic carbocycles. The summed E-state index contributed by atoms with van der Waals surface area (Å²) in [7, 11) is 0. The van der Waals surface area contributed by atoms with Crippen molar-refractivity contribution < 1.29 is 9.90 Å². The molecule has 1 aliphatic carbocycles. The molecule has 2 rings (SSSR count). The van der Waals surface area contributed by atoms with Crippen LogP contribution in [0.2, 0.25) is 0 Å². The number of aliphatic hydroxyl groups excluding tert-OH is 1. The number of carbonyl (C=O) groups excluding carboxylic acids is 1. The second-order valence-corrected chi connectivity index (χ2v) is 5.30. The van der Waals surface area contributed by atoms with Gasteiger partial charge < -0.3 is 15.7 Å². The van der Waals surface area contributed by atoms with E-state index >= 15 is 0 Å². The van der Waals surface area contributed by atoms with Crippen molar-refractivity contribution in [2.75, 3.05) is 11.4 Å². The number of anilines is 1. The van der Waals surface area contributed by atoms with Crippen LogP contribution >= 0.6 is 0 Å². The first-order valence-electron chi connectivity index (χ1n) is 6.87. The van der Waals surface area contributed by atoms with Crippen molar-refractivity contribution >= 4 is 11.6 Å². The Morgan fingerprint density at radius 3 is 2.63 bits per heavy atom. The topological polar surface area (TPSA) is 66.6 Å². The van der Waals surface area contributed by atoms with Gasteiger partial charge in [-0.15, -0.1) is 0 Å². The van der Waals surface area contributed by atoms with E-state index in [9.17, 15) is 9.90 Å². The van der Waals surface area contributed by atoms with Crippen molar-refractivity contribution in [3.05, 3.63) is 29.3 Å². The SMILES string of the molecule is Cc1cc(N(CC(N)=O)C2CCCC2)ccc1CO. The van der Waals surface area contributed by atoms with Crippen LogP contribution in [0.1, 0.15) is 36.8 Å². The van der Waals surface area contributed by atoms with Crippen molar-refractivity contribution in [1.29, 1.82) is 0 Å². The van der Waals surface area contributed by atoms with Crippen LogP contribution in [0.15, 0.2) is 18.2 Å². The molecule has 1 amide bonds. The minimum Gasteiger partial charge on any atom is -0.392 e. The van der Waals surface area contributed by atoms with Crippen molar-refractivity contribution in [2.24, 2.45) is 5.73 Å². The number of amides is 1. The maximum atomic E-state index is 11.3. The third-order valence-electron chi connectivity index (χ3n) is 3.92. The number of aryl methyl sites for hydroxylation is 1. The molecule has 104 valence electrons. The van der Waals surface area contributed by atoms with Crippen LogP contribution in [0.25, 0.3) is 0 Å². The minimum atomic E-state index is -0.296. The Balaban J connectivity index is 2.26. The highest BCUT2D eigenvalue weighted by molar-refractivity contribution is 5.79. The number of benzene rings is 1. The van der Waals surface area contributed by atoms with E-state index in [1.165, 1.54) is 12.8 Å². The molecule has 0 aliphatic heterocycles. The van der Waals surface area contributed by atoms with E-state index in [0.717, 1.165) is 29.7 Å². The number of hydrogen-bond donors (Lipinski definition) is 2. The fraction of sp³-hybridized carbons (Fsp3) is 0.533. The van der Waals surface area contributed by atoms with Gasteiger partial charge in [0.05, 0.1) is 13.2 Å². The zero-order valence-electron chi connectivity index (χ0n) is 11.4. The predicted octanol–water partition coefficient (Wildman–Crippen LogP) is 1.72. The van der Waals surface area contributed by atoms with E-state index in [4.69, 9.17) is 5.73 Å². The summed E-state index contributed by atoms with van der Waals surface area (Å²) in [4.78, 5) is 13.4. The van der Waals surface area contributed by atoms with Crippen LogP contribution < -0.4 is 10.6 Å². The number of carbonyl (C=O) groups is 1. The monoisotopic (exact) mass is 262 g/mol. The zero-order valence-corrected chi connectivity index (χ0v) is 11.4. The number of primary amides is 1. The van der Waals surface area contributed by atoms with Gasteiger partial charge in [0.15, 0.2) is 0 Å². The van der Waals surface area contributed by atoms with Gasteiger partial charge in [-0.25, -0.2) is 0 Å². The van der Waals surface area contributed by atoms with Crippen LogP contribution in [0, 0.1) is 6.92 Å². The van der Waals surface area contributed by atoms with Gasteiger partial charge in [0, 0.05) is 11.7 Å². The van der Waals surface area contributed by atoms with Gasteiger partial charge in [-0.2, -0.15) is 0 Å². The molecule has 0 unspecified atom stereocenters. The Kier molecular flexibility index (Phi) is 4.43. The molecular weight excluding hydrogens is 240 g/mol. The lowest BCUT2D eigenvalue weighted by Crippen LogP contribution is -2.40. The van der Waals surface area contributed by atoms with E-state index < -0.39 is 0 Å². The molecule has 0 aromatic heterocycles. The van der Waals surface area contributed by atoms with Gasteiger partial charge in [-0.1, -0.05) is 18.9 Å². The number of rotatable bonds is 5. The van der Waals surface area contributed by atoms with Gasteiger partial charge in [-0.3, -0.25) is 4.79 Å². The third-order valence-corrected chi connectivity index (χ3v) is 3.92. The molecule has 0 saturated heterocycles. The van der Waals surface area contributed by atoms with Crippen molar-refractivity contribution in [2.45, 2.75) is 45.3 Å². The molecule has 1 aromatic rings. The second kappa shape index (κ2) is 6.06. The first kappa shape index (κ1) is 13.9. The quantitative estimate of drug-likeness (QED) is 0.849. The fourth-order valence-electron chi connectivity index (χ4n) is 2.85. The molecule has 3 N–H and O–H groups in total. The number of aliphatic hydroxyl groups is 1. The first-order valence-corrected chi connectivity index (χ1v) is 6.87. The molecule has 0 spiro atoms. The third kappa shape index (κ3) is 3.26. The van der Waals surface area contributed by atoms with Crippen LogP contribution in [-0.2, 0) is 11.4 Å². The van der Waals surface area contributed by atoms with E-state index in [1.54, 1.807) is 0 Å². The summed E-state index contributed by atoms with van der Waals surface area (Å²) in [6, 6.07) is 6.34. The van der Waals surface area contributed by atoms with Crippen LogP contribution in [0.4, 0.5) is 5.69 Å². The fourth-order valence-corrected chi connectivity index (χ4v) is 2.85. The molecule has 19 heavy (non-hydrogen) atoms. The smallest absolute Gasteiger partial charge is 0.236 e. The minimum absolute atomic E-state index is 0.0470. The summed E-state index contributed by atoms with van der Waals surface area (Å²) in [6.07, 6.45) is 4.67. The van der Waals surface area contributed by atoms with E-state index in [0.29, 0.717) is 6.04 Å². The Bertz CT molecular complexity index is 453. The normalized spacial score (nSPS) is 15.7. The van der Waals surface area contributed by atoms with Crippen LogP contribution in [0.3, 0.4) is 0 Å². The van der Waals surface area contributed by atoms with Gasteiger partial charge in [-0.05, 0) is 43.0 Å². The van der Waals surface area contributed by atoms with Crippen LogP contribution in [0.5, 0.6) is 0 Å². The molecule has 0 radical (unpaired) electrons. The molecule has 1 saturated carbocycles. The highest BCUT2D eigenvalue weighted by atomic mass is 16.3. The second-order valence-electron chi connectivity index (χ2n) is 5.30. The number of nitrogens with two attached hydrogens (primary N) is 1. The summed E-state index contributed by atoms with van der Waals surface area (Å²) in [5.74, 6) is -0.296. The first-order chi connectivity index (χ1) is 9.11. The molecule has 1 aliphatic rings. The summed E-state index contributed by atoms with van der Waals surface area (Å²) < 4.78 is 0. The predicted molar refractivity (Wildman–Crippen MR) is 75.9 cm³/mol. The maximum absolute atomic E-state index is 11.3. The average molecular weight is 262 g/mol. The van der Waals surface area contributed by atoms with E-state index in [2.05, 4.69) is 4.90 Å². The molecule has 0 atom stereocenters. The Labute approximate surface area is 114 Å². The Morgan fingerprint density at radius 1 is 1.42 bits per heavy atom. The maximum Gasteiger partial charge on any atom is 0.236 e. The van der Waals surface area contributed by atoms with Crippen molar-refractivity contribution in [1.82, 2.24) is 0 Å². The lowest BCUT2D eigenvalue weighted by Gasteiger charge is -2.30. The Hall–Kier alpha value is -1.55. The van der Waals surface area contributed by atoms with E-state index in [1.807, 2.05) is 25.1 Å². The average Bonchev–Trinajstić information content (AvgIpc) is 2.89. The van der Waals surface area contributed by atoms with Crippen LogP contribution in [-0.4, -0.2) is 23.6 Å². The highest BCUT2D eigenvalue weighted by Gasteiger charge is 2.24. The van der Waals surface area contributed by atoms with Gasteiger partial charge >= 0.3 is 0 Å². The molecular formula is C15H22N2O2. The molecule has 1 fully saturated rings. The molecule has 0 heterocycles. The summed E-state index contributed by atoms with van der Waals surface area (Å²) in [6.45, 7) is 2.29. The number of hydrogen-bond acceptors (Lipinski definition) is 3. The molecule has 0 bridgehead atoms. The van der Waals surface area contributed by atoms with Gasteiger partial charge in [0.25, 0.3) is 0 Å². The summed E-state index contributed by atoms with van der Waals surface area (Å²) in [5, 5.41) is 9.22. The van der Waals surface area contributed by atoms with Gasteiger partial charge in [0.2, 0.25) is 5.91 Å². The molecule has 4 nitrogen and oxygen atoms in total. The van der Waals surface area contributed by atoms with Crippen molar-refractivity contribution in [3.63, 3.8) is 0 Å². The summed E-state index contributed by atoms with van der Waals surface area (Å²) >= 11 is 0. The Morgan fingerprint density at radius 2 is 2.11 bits per heavy atom. The zero-order chi connectivity index (χ0) is 13.8. The standard InChI is InChI=1S/C15H22N2O2/c1-11-8-14(7-6-12(11)10-18)17(9-15(16)19)13-4-2-3-5-13/h6-8,13,18H,2-5,9-10H2,1H3,(H2,16,19). The molecule has 4 heteroatoms. The van der Waals surface area contributed by atoms with Gasteiger partial charge in [0.1, 0.15) is 0 Å². The lowest BCUT2D eigenvalue weighted by atomic mass is 10.1.